The van der Waals surface area contributed by atoms with Crippen molar-refractivity contribution in [1.29, 1.82) is 0 Å². The van der Waals surface area contributed by atoms with Crippen molar-refractivity contribution in [3.8, 4) is 0 Å². The van der Waals surface area contributed by atoms with E-state index in [0.717, 1.165) is 13.1 Å². The number of benzene rings is 1. The lowest BCUT2D eigenvalue weighted by Gasteiger charge is -2.29. The third-order valence-corrected chi connectivity index (χ3v) is 4.75. The number of ether oxygens (including phenoxy) is 1. The average molecular weight is 353 g/mol. The first-order valence-corrected chi connectivity index (χ1v) is 8.53. The van der Waals surface area contributed by atoms with Gasteiger partial charge in [-0.2, -0.15) is 5.10 Å². The topological polar surface area (TPSA) is 102 Å². The van der Waals surface area contributed by atoms with Crippen LogP contribution in [0.25, 0.3) is 0 Å². The SMILES string of the molecule is NN(CCN1CCOCC1)c1nncc2c1C(=O)c1ccccc1C2=O. The summed E-state index contributed by atoms with van der Waals surface area (Å²) in [6.07, 6.45) is 1.34. The zero-order valence-electron chi connectivity index (χ0n) is 14.2. The van der Waals surface area contributed by atoms with Crippen LogP contribution in [0.1, 0.15) is 31.8 Å². The third-order valence-electron chi connectivity index (χ3n) is 4.75. The molecule has 1 aromatic heterocycles. The number of carbonyl (C=O) groups is 2. The quantitative estimate of drug-likeness (QED) is 0.527. The molecule has 2 aromatic rings. The molecule has 4 rings (SSSR count). The van der Waals surface area contributed by atoms with Gasteiger partial charge in [-0.3, -0.25) is 19.5 Å². The van der Waals surface area contributed by atoms with Crippen LogP contribution in [0, 0.1) is 0 Å². The van der Waals surface area contributed by atoms with Gasteiger partial charge in [-0.15, -0.1) is 5.10 Å². The van der Waals surface area contributed by atoms with E-state index in [2.05, 4.69) is 15.1 Å². The van der Waals surface area contributed by atoms with Gasteiger partial charge in [0.05, 0.1) is 30.5 Å². The van der Waals surface area contributed by atoms with Crippen LogP contribution >= 0.6 is 0 Å². The molecule has 1 fully saturated rings. The Balaban J connectivity index is 1.62. The maximum atomic E-state index is 13.0. The van der Waals surface area contributed by atoms with Gasteiger partial charge in [0.25, 0.3) is 0 Å². The normalized spacial score (nSPS) is 17.0. The molecule has 0 atom stereocenters. The molecule has 134 valence electrons. The van der Waals surface area contributed by atoms with Crippen molar-refractivity contribution in [3.63, 3.8) is 0 Å². The van der Waals surface area contributed by atoms with Gasteiger partial charge in [0.2, 0.25) is 0 Å². The van der Waals surface area contributed by atoms with Crippen LogP contribution in [0.5, 0.6) is 0 Å². The van der Waals surface area contributed by atoms with Crippen LogP contribution in [-0.2, 0) is 4.74 Å². The number of ketones is 2. The Morgan fingerprint density at radius 2 is 1.77 bits per heavy atom. The number of rotatable bonds is 4. The number of carbonyl (C=O) groups excluding carboxylic acids is 2. The van der Waals surface area contributed by atoms with E-state index in [4.69, 9.17) is 10.6 Å². The molecule has 0 unspecified atom stereocenters. The number of morpholine rings is 1. The fourth-order valence-corrected chi connectivity index (χ4v) is 3.31. The Morgan fingerprint density at radius 1 is 1.08 bits per heavy atom. The summed E-state index contributed by atoms with van der Waals surface area (Å²) in [6.45, 7) is 4.27. The van der Waals surface area contributed by atoms with Crippen molar-refractivity contribution in [1.82, 2.24) is 15.1 Å². The number of fused-ring (bicyclic) bond motifs is 2. The van der Waals surface area contributed by atoms with Crippen LogP contribution in [0.3, 0.4) is 0 Å². The number of hydrazine groups is 1. The monoisotopic (exact) mass is 353 g/mol. The van der Waals surface area contributed by atoms with Crippen LogP contribution in [0.2, 0.25) is 0 Å². The van der Waals surface area contributed by atoms with Crippen LogP contribution in [0.15, 0.2) is 30.5 Å². The lowest BCUT2D eigenvalue weighted by atomic mass is 9.85. The highest BCUT2D eigenvalue weighted by atomic mass is 16.5. The average Bonchev–Trinajstić information content (AvgIpc) is 2.70. The maximum absolute atomic E-state index is 13.0. The maximum Gasteiger partial charge on any atom is 0.198 e. The van der Waals surface area contributed by atoms with Gasteiger partial charge in [0.1, 0.15) is 0 Å². The summed E-state index contributed by atoms with van der Waals surface area (Å²) in [5.74, 6) is 5.94. The van der Waals surface area contributed by atoms with Crippen molar-refractivity contribution in [3.05, 3.63) is 52.7 Å². The highest BCUT2D eigenvalue weighted by molar-refractivity contribution is 6.29. The second-order valence-electron chi connectivity index (χ2n) is 6.31. The molecule has 2 heterocycles. The van der Waals surface area contributed by atoms with Crippen molar-refractivity contribution in [2.75, 3.05) is 44.4 Å². The number of hydrogen-bond donors (Lipinski definition) is 1. The zero-order valence-corrected chi connectivity index (χ0v) is 14.2. The van der Waals surface area contributed by atoms with Gasteiger partial charge in [0, 0.05) is 37.3 Å². The minimum absolute atomic E-state index is 0.229. The minimum atomic E-state index is -0.248. The molecule has 1 saturated heterocycles. The van der Waals surface area contributed by atoms with E-state index < -0.39 is 0 Å². The van der Waals surface area contributed by atoms with Crippen molar-refractivity contribution in [2.24, 2.45) is 5.84 Å². The lowest BCUT2D eigenvalue weighted by Crippen LogP contribution is -2.44. The van der Waals surface area contributed by atoms with Gasteiger partial charge in [-0.1, -0.05) is 24.3 Å². The van der Waals surface area contributed by atoms with E-state index in [9.17, 15) is 9.59 Å². The highest BCUT2D eigenvalue weighted by Gasteiger charge is 2.33. The molecule has 8 nitrogen and oxygen atoms in total. The largest absolute Gasteiger partial charge is 0.379 e. The summed E-state index contributed by atoms with van der Waals surface area (Å²) in [7, 11) is 0. The smallest absolute Gasteiger partial charge is 0.198 e. The van der Waals surface area contributed by atoms with Crippen LogP contribution in [0.4, 0.5) is 5.82 Å². The summed E-state index contributed by atoms with van der Waals surface area (Å²) in [5.41, 5.74) is 1.25. The standard InChI is InChI=1S/C18H19N5O3/c19-23(6-5-22-7-9-26-10-8-22)18-15-14(11-20-21-18)16(24)12-3-1-2-4-13(12)17(15)25/h1-4,11H,5-10,19H2. The second-order valence-corrected chi connectivity index (χ2v) is 6.31. The van der Waals surface area contributed by atoms with E-state index >= 15 is 0 Å². The number of nitrogens with two attached hydrogens (primary N) is 1. The summed E-state index contributed by atoms with van der Waals surface area (Å²) in [6, 6.07) is 6.78. The van der Waals surface area contributed by atoms with Gasteiger partial charge < -0.3 is 4.74 Å². The third kappa shape index (κ3) is 2.88. The Kier molecular flexibility index (Phi) is 4.46. The number of aromatic nitrogens is 2. The molecule has 26 heavy (non-hydrogen) atoms. The molecular weight excluding hydrogens is 334 g/mol. The van der Waals surface area contributed by atoms with Gasteiger partial charge in [0.15, 0.2) is 17.4 Å². The fraction of sp³-hybridized carbons (Fsp3) is 0.333. The molecule has 8 heteroatoms. The molecule has 0 spiro atoms. The molecule has 1 aliphatic carbocycles. The Hall–Kier alpha value is -2.68. The predicted octanol–water partition coefficient (Wildman–Crippen LogP) is 0.264. The molecule has 0 amide bonds. The Labute approximate surface area is 150 Å². The van der Waals surface area contributed by atoms with Crippen LogP contribution < -0.4 is 10.9 Å². The first-order chi connectivity index (χ1) is 12.7. The fourth-order valence-electron chi connectivity index (χ4n) is 3.31. The van der Waals surface area contributed by atoms with E-state index in [1.807, 2.05) is 0 Å². The lowest BCUT2D eigenvalue weighted by molar-refractivity contribution is 0.0391. The highest BCUT2D eigenvalue weighted by Crippen LogP contribution is 2.30. The van der Waals surface area contributed by atoms with E-state index in [-0.39, 0.29) is 28.5 Å². The zero-order chi connectivity index (χ0) is 18.1. The summed E-state index contributed by atoms with van der Waals surface area (Å²) in [4.78, 5) is 27.9. The molecule has 0 saturated carbocycles. The molecular formula is C18H19N5O3. The molecule has 2 aliphatic rings. The van der Waals surface area contributed by atoms with Gasteiger partial charge in [-0.05, 0) is 0 Å². The second kappa shape index (κ2) is 6.91. The summed E-state index contributed by atoms with van der Waals surface area (Å²) >= 11 is 0. The molecule has 1 aromatic carbocycles. The first kappa shape index (κ1) is 16.8. The number of anilines is 1. The van der Waals surface area contributed by atoms with Gasteiger partial charge in [-0.25, -0.2) is 5.84 Å². The molecule has 2 N–H and O–H groups in total. The van der Waals surface area contributed by atoms with Gasteiger partial charge >= 0.3 is 0 Å². The summed E-state index contributed by atoms with van der Waals surface area (Å²) in [5, 5.41) is 9.34. The van der Waals surface area contributed by atoms with E-state index in [0.29, 0.717) is 37.4 Å². The van der Waals surface area contributed by atoms with Crippen molar-refractivity contribution in [2.45, 2.75) is 0 Å². The first-order valence-electron chi connectivity index (χ1n) is 8.53. The Bertz CT molecular complexity index is 864. The molecule has 1 aliphatic heterocycles. The van der Waals surface area contributed by atoms with E-state index in [1.54, 1.807) is 24.3 Å². The van der Waals surface area contributed by atoms with Crippen molar-refractivity contribution >= 4 is 17.4 Å². The van der Waals surface area contributed by atoms with Crippen LogP contribution in [-0.4, -0.2) is 66.1 Å². The number of hydrogen-bond acceptors (Lipinski definition) is 8. The Morgan fingerprint density at radius 3 is 2.50 bits per heavy atom. The molecule has 0 radical (unpaired) electrons. The molecule has 0 bridgehead atoms. The van der Waals surface area contributed by atoms with E-state index in [1.165, 1.54) is 11.2 Å². The predicted molar refractivity (Wildman–Crippen MR) is 94.1 cm³/mol. The van der Waals surface area contributed by atoms with Crippen molar-refractivity contribution < 1.29 is 14.3 Å². The number of nitrogens with zero attached hydrogens (tertiary/aromatic N) is 4. The summed E-state index contributed by atoms with van der Waals surface area (Å²) < 4.78 is 5.33. The minimum Gasteiger partial charge on any atom is -0.379 e.